The highest BCUT2D eigenvalue weighted by molar-refractivity contribution is 7.79. The summed E-state index contributed by atoms with van der Waals surface area (Å²) < 4.78 is 26.9. The van der Waals surface area contributed by atoms with E-state index in [0.717, 1.165) is 11.5 Å². The minimum absolute atomic E-state index is 0.135. The van der Waals surface area contributed by atoms with E-state index in [1.54, 1.807) is 12.1 Å². The SMILES string of the molecule is O=S([O-])C(c1ncns1)c1cc(Cl)c2cccnc2c1O. The molecule has 0 aliphatic rings. The van der Waals surface area contributed by atoms with Gasteiger partial charge in [-0.2, -0.15) is 4.37 Å². The number of aromatic hydroxyl groups is 1. The van der Waals surface area contributed by atoms with Crippen LogP contribution in [-0.2, 0) is 11.1 Å². The number of hydrogen-bond acceptors (Lipinski definition) is 7. The van der Waals surface area contributed by atoms with Crippen molar-refractivity contribution in [3.63, 3.8) is 0 Å². The second-order valence-corrected chi connectivity index (χ2v) is 6.33. The third kappa shape index (κ3) is 2.51. The summed E-state index contributed by atoms with van der Waals surface area (Å²) in [5, 5.41) is 10.3. The Labute approximate surface area is 130 Å². The lowest BCUT2D eigenvalue weighted by Gasteiger charge is -2.19. The van der Waals surface area contributed by atoms with Crippen molar-refractivity contribution >= 4 is 45.1 Å². The van der Waals surface area contributed by atoms with Crippen LogP contribution >= 0.6 is 23.1 Å². The first-order valence-electron chi connectivity index (χ1n) is 5.70. The average molecular weight is 341 g/mol. The van der Waals surface area contributed by atoms with Crippen molar-refractivity contribution in [3.05, 3.63) is 46.3 Å². The van der Waals surface area contributed by atoms with Gasteiger partial charge >= 0.3 is 0 Å². The van der Waals surface area contributed by atoms with E-state index in [9.17, 15) is 13.9 Å². The molecule has 0 spiro atoms. The zero-order chi connectivity index (χ0) is 15.0. The van der Waals surface area contributed by atoms with Gasteiger partial charge in [-0.15, -0.1) is 0 Å². The highest BCUT2D eigenvalue weighted by Gasteiger charge is 2.24. The molecule has 0 radical (unpaired) electrons. The predicted octanol–water partition coefficient (Wildman–Crippen LogP) is 2.41. The molecule has 2 aromatic heterocycles. The summed E-state index contributed by atoms with van der Waals surface area (Å²) in [4.78, 5) is 7.96. The molecule has 6 nitrogen and oxygen atoms in total. The number of fused-ring (bicyclic) bond motifs is 1. The lowest BCUT2D eigenvalue weighted by molar-refractivity contribution is 0.471. The molecular weight excluding hydrogens is 334 g/mol. The maximum absolute atomic E-state index is 11.6. The summed E-state index contributed by atoms with van der Waals surface area (Å²) in [6, 6.07) is 4.80. The van der Waals surface area contributed by atoms with Gasteiger partial charge in [0.1, 0.15) is 27.9 Å². The molecule has 21 heavy (non-hydrogen) atoms. The van der Waals surface area contributed by atoms with E-state index in [1.807, 2.05) is 0 Å². The van der Waals surface area contributed by atoms with Crippen LogP contribution in [0.1, 0.15) is 15.8 Å². The molecular formula is C12H7ClN3O3S2-. The molecule has 0 aliphatic heterocycles. The molecule has 108 valence electrons. The van der Waals surface area contributed by atoms with E-state index in [1.165, 1.54) is 18.6 Å². The van der Waals surface area contributed by atoms with Crippen LogP contribution in [0.5, 0.6) is 5.75 Å². The van der Waals surface area contributed by atoms with Crippen LogP contribution in [-0.4, -0.2) is 28.2 Å². The van der Waals surface area contributed by atoms with Crippen LogP contribution < -0.4 is 0 Å². The Hall–Kier alpha value is -1.61. The molecule has 0 amide bonds. The molecule has 0 fully saturated rings. The first kappa shape index (κ1) is 14.3. The second kappa shape index (κ2) is 5.64. The summed E-state index contributed by atoms with van der Waals surface area (Å²) >= 11 is 4.57. The van der Waals surface area contributed by atoms with Crippen LogP contribution in [0.3, 0.4) is 0 Å². The maximum atomic E-state index is 11.6. The number of phenolic OH excluding ortho intramolecular Hbond substituents is 1. The smallest absolute Gasteiger partial charge is 0.146 e. The fourth-order valence-electron chi connectivity index (χ4n) is 2.02. The van der Waals surface area contributed by atoms with E-state index in [0.29, 0.717) is 10.4 Å². The van der Waals surface area contributed by atoms with Crippen LogP contribution in [0.25, 0.3) is 10.9 Å². The normalized spacial score (nSPS) is 14.2. The molecule has 9 heteroatoms. The summed E-state index contributed by atoms with van der Waals surface area (Å²) in [5.41, 5.74) is 0.385. The second-order valence-electron chi connectivity index (χ2n) is 4.12. The van der Waals surface area contributed by atoms with Gasteiger partial charge in [0, 0.05) is 17.1 Å². The van der Waals surface area contributed by atoms with Gasteiger partial charge in [-0.3, -0.25) is 9.19 Å². The Morgan fingerprint density at radius 2 is 2.24 bits per heavy atom. The van der Waals surface area contributed by atoms with E-state index in [-0.39, 0.29) is 21.8 Å². The first-order chi connectivity index (χ1) is 10.1. The van der Waals surface area contributed by atoms with Gasteiger partial charge in [-0.25, -0.2) is 4.98 Å². The molecule has 1 aromatic carbocycles. The molecule has 2 heterocycles. The minimum atomic E-state index is -2.53. The number of pyridine rings is 1. The van der Waals surface area contributed by atoms with Gasteiger partial charge in [0.2, 0.25) is 0 Å². The monoisotopic (exact) mass is 340 g/mol. The Balaban J connectivity index is 2.28. The number of nitrogens with zero attached hydrogens (tertiary/aromatic N) is 3. The quantitative estimate of drug-likeness (QED) is 0.735. The van der Waals surface area contributed by atoms with Gasteiger partial charge in [0.15, 0.2) is 0 Å². The number of aromatic nitrogens is 3. The van der Waals surface area contributed by atoms with Crippen LogP contribution in [0.4, 0.5) is 0 Å². The minimum Gasteiger partial charge on any atom is -0.772 e. The number of rotatable bonds is 3. The van der Waals surface area contributed by atoms with Crippen LogP contribution in [0.15, 0.2) is 30.7 Å². The third-order valence-corrected chi connectivity index (χ3v) is 4.97. The predicted molar refractivity (Wildman–Crippen MR) is 79.1 cm³/mol. The summed E-state index contributed by atoms with van der Waals surface area (Å²) in [6.07, 6.45) is 2.76. The van der Waals surface area contributed by atoms with Gasteiger partial charge in [-0.1, -0.05) is 11.6 Å². The molecule has 0 saturated carbocycles. The number of benzene rings is 1. The number of hydrogen-bond donors (Lipinski definition) is 1. The zero-order valence-corrected chi connectivity index (χ0v) is 12.7. The van der Waals surface area contributed by atoms with Gasteiger partial charge < -0.3 is 9.66 Å². The van der Waals surface area contributed by atoms with Gasteiger partial charge in [0.25, 0.3) is 0 Å². The van der Waals surface area contributed by atoms with E-state index >= 15 is 0 Å². The van der Waals surface area contributed by atoms with E-state index in [2.05, 4.69) is 14.3 Å². The molecule has 2 unspecified atom stereocenters. The Morgan fingerprint density at radius 1 is 1.43 bits per heavy atom. The van der Waals surface area contributed by atoms with Crippen molar-refractivity contribution in [2.24, 2.45) is 0 Å². The van der Waals surface area contributed by atoms with Crippen LogP contribution in [0.2, 0.25) is 5.02 Å². The first-order valence-corrected chi connectivity index (χ1v) is 7.99. The van der Waals surface area contributed by atoms with Crippen molar-refractivity contribution in [1.82, 2.24) is 14.3 Å². The summed E-state index contributed by atoms with van der Waals surface area (Å²) in [5.74, 6) is -0.223. The largest absolute Gasteiger partial charge is 0.772 e. The molecule has 0 bridgehead atoms. The van der Waals surface area contributed by atoms with Crippen molar-refractivity contribution < 1.29 is 13.9 Å². The van der Waals surface area contributed by atoms with Crippen molar-refractivity contribution in [3.8, 4) is 5.75 Å². The van der Waals surface area contributed by atoms with Crippen molar-refractivity contribution in [2.45, 2.75) is 5.25 Å². The highest BCUT2D eigenvalue weighted by atomic mass is 35.5. The number of phenols is 1. The van der Waals surface area contributed by atoms with E-state index in [4.69, 9.17) is 11.6 Å². The molecule has 2 atom stereocenters. The van der Waals surface area contributed by atoms with Gasteiger partial charge in [-0.05, 0) is 40.8 Å². The topological polar surface area (TPSA) is 99.0 Å². The standard InChI is InChI=1S/C12H8ClN3O3S2/c13-8-4-7(10(17)9-6(8)2-1-3-14-9)11(21(18)19)12-15-5-16-20-12/h1-5,11,17H,(H,18,19)/p-1. The fourth-order valence-corrected chi connectivity index (χ4v) is 3.79. The molecule has 0 aliphatic carbocycles. The average Bonchev–Trinajstić information content (AvgIpc) is 2.98. The Morgan fingerprint density at radius 3 is 2.90 bits per heavy atom. The lowest BCUT2D eigenvalue weighted by Crippen LogP contribution is -2.08. The van der Waals surface area contributed by atoms with Gasteiger partial charge in [0.05, 0.1) is 5.02 Å². The summed E-state index contributed by atoms with van der Waals surface area (Å²) in [7, 11) is 0. The van der Waals surface area contributed by atoms with Crippen molar-refractivity contribution in [1.29, 1.82) is 0 Å². The molecule has 3 rings (SSSR count). The Bertz CT molecular complexity index is 826. The lowest BCUT2D eigenvalue weighted by atomic mass is 10.1. The molecule has 1 N–H and O–H groups in total. The summed E-state index contributed by atoms with van der Waals surface area (Å²) in [6.45, 7) is 0. The molecule has 0 saturated heterocycles. The number of halogens is 1. The van der Waals surface area contributed by atoms with E-state index < -0.39 is 16.3 Å². The zero-order valence-electron chi connectivity index (χ0n) is 10.3. The Kier molecular flexibility index (Phi) is 3.85. The molecule has 3 aromatic rings. The maximum Gasteiger partial charge on any atom is 0.146 e. The fraction of sp³-hybridized carbons (Fsp3) is 0.0833. The van der Waals surface area contributed by atoms with Crippen molar-refractivity contribution in [2.75, 3.05) is 0 Å². The highest BCUT2D eigenvalue weighted by Crippen LogP contribution is 2.40. The third-order valence-electron chi connectivity index (χ3n) is 2.92. The van der Waals surface area contributed by atoms with Crippen LogP contribution in [0, 0.1) is 0 Å².